The number of amidine groups is 1. The van der Waals surface area contributed by atoms with Crippen molar-refractivity contribution >= 4 is 21.8 Å². The Morgan fingerprint density at radius 2 is 2.47 bits per heavy atom. The zero-order valence-corrected chi connectivity index (χ0v) is 11.3. The molecule has 0 aromatic carbocycles. The molecule has 0 amide bonds. The van der Waals surface area contributed by atoms with E-state index in [2.05, 4.69) is 26.2 Å². The quantitative estimate of drug-likeness (QED) is 0.607. The molecule has 0 aliphatic carbocycles. The smallest absolute Gasteiger partial charge is 0.147 e. The summed E-state index contributed by atoms with van der Waals surface area (Å²) >= 11 is 3.44. The van der Waals surface area contributed by atoms with Gasteiger partial charge in [0, 0.05) is 24.0 Å². The minimum absolute atomic E-state index is 0.109. The van der Waals surface area contributed by atoms with Crippen LogP contribution in [0.25, 0.3) is 0 Å². The van der Waals surface area contributed by atoms with Crippen LogP contribution < -0.4 is 11.1 Å². The molecule has 3 N–H and O–H groups in total. The number of nitrogens with zero attached hydrogens (tertiary/aromatic N) is 2. The maximum absolute atomic E-state index is 5.96. The molecule has 0 aromatic rings. The third-order valence-electron chi connectivity index (χ3n) is 2.59. The highest BCUT2D eigenvalue weighted by atomic mass is 79.9. The lowest BCUT2D eigenvalue weighted by atomic mass is 10.3. The lowest BCUT2D eigenvalue weighted by Crippen LogP contribution is -2.36. The molecule has 0 aromatic heterocycles. The Balaban J connectivity index is 2.18. The summed E-state index contributed by atoms with van der Waals surface area (Å²) in [5.74, 6) is 0.459. The number of hydrogen-bond donors (Lipinski definition) is 2. The lowest BCUT2D eigenvalue weighted by molar-refractivity contribution is 0.126. The first kappa shape index (κ1) is 12.2. The van der Waals surface area contributed by atoms with Gasteiger partial charge >= 0.3 is 0 Å². The number of ether oxygens (including phenoxy) is 1. The fourth-order valence-electron chi connectivity index (χ4n) is 1.65. The Bertz CT molecular complexity index is 427. The fourth-order valence-corrected chi connectivity index (χ4v) is 2.02. The molecule has 0 bridgehead atoms. The minimum Gasteiger partial charge on any atom is -0.382 e. The summed E-state index contributed by atoms with van der Waals surface area (Å²) < 4.78 is 6.06. The monoisotopic (exact) mass is 298 g/mol. The number of halogens is 1. The highest BCUT2D eigenvalue weighted by Gasteiger charge is 2.26. The number of methoxy groups -OCH3 is 1. The van der Waals surface area contributed by atoms with Crippen molar-refractivity contribution in [2.75, 3.05) is 7.11 Å². The van der Waals surface area contributed by atoms with Crippen LogP contribution in [0, 0.1) is 0 Å². The van der Waals surface area contributed by atoms with Gasteiger partial charge in [-0.2, -0.15) is 0 Å². The highest BCUT2D eigenvalue weighted by Crippen LogP contribution is 2.24. The predicted molar refractivity (Wildman–Crippen MR) is 71.1 cm³/mol. The zero-order valence-electron chi connectivity index (χ0n) is 9.72. The molecule has 2 unspecified atom stereocenters. The first-order valence-electron chi connectivity index (χ1n) is 5.28. The molecule has 0 radical (unpaired) electrons. The van der Waals surface area contributed by atoms with Gasteiger partial charge in [0.1, 0.15) is 23.9 Å². The van der Waals surface area contributed by atoms with Crippen molar-refractivity contribution in [3.63, 3.8) is 0 Å². The van der Waals surface area contributed by atoms with Gasteiger partial charge in [0.05, 0.1) is 0 Å². The molecule has 0 fully saturated rings. The van der Waals surface area contributed by atoms with Crippen LogP contribution in [-0.2, 0) is 4.74 Å². The molecule has 2 heterocycles. The van der Waals surface area contributed by atoms with Gasteiger partial charge in [0.25, 0.3) is 0 Å². The molecule has 5 nitrogen and oxygen atoms in total. The van der Waals surface area contributed by atoms with Gasteiger partial charge in [-0.1, -0.05) is 0 Å². The number of rotatable bonds is 3. The topological polar surface area (TPSA) is 62.9 Å². The van der Waals surface area contributed by atoms with E-state index in [0.29, 0.717) is 5.84 Å². The van der Waals surface area contributed by atoms with Gasteiger partial charge < -0.3 is 20.7 Å². The Kier molecular flexibility index (Phi) is 3.54. The van der Waals surface area contributed by atoms with Gasteiger partial charge in [0.2, 0.25) is 0 Å². The van der Waals surface area contributed by atoms with Gasteiger partial charge in [-0.3, -0.25) is 0 Å². The van der Waals surface area contributed by atoms with Crippen LogP contribution in [0.2, 0.25) is 0 Å². The number of hydrogen-bond acceptors (Lipinski definition) is 4. The molecule has 17 heavy (non-hydrogen) atoms. The summed E-state index contributed by atoms with van der Waals surface area (Å²) in [6.45, 7) is 1.84. The van der Waals surface area contributed by atoms with Crippen molar-refractivity contribution in [1.82, 2.24) is 10.2 Å². The molecule has 2 rings (SSSR count). The van der Waals surface area contributed by atoms with E-state index in [1.54, 1.807) is 7.11 Å². The summed E-state index contributed by atoms with van der Waals surface area (Å²) in [5.41, 5.74) is 6.81. The molecule has 0 saturated carbocycles. The normalized spacial score (nSPS) is 25.0. The second-order valence-electron chi connectivity index (χ2n) is 3.77. The molecule has 2 aliphatic rings. The average Bonchev–Trinajstić information content (AvgIpc) is 2.71. The van der Waals surface area contributed by atoms with Gasteiger partial charge in [-0.25, -0.2) is 4.99 Å². The number of aliphatic imine (C=N–C) groups is 1. The minimum atomic E-state index is -0.247. The van der Waals surface area contributed by atoms with Crippen molar-refractivity contribution in [1.29, 1.82) is 0 Å². The number of nitrogens with two attached hydrogens (primary N) is 1. The van der Waals surface area contributed by atoms with E-state index in [1.807, 2.05) is 36.4 Å². The lowest BCUT2D eigenvalue weighted by Gasteiger charge is -2.26. The average molecular weight is 299 g/mol. The molecule has 6 heteroatoms. The van der Waals surface area contributed by atoms with E-state index in [4.69, 9.17) is 10.5 Å². The Hall–Kier alpha value is -1.27. The predicted octanol–water partition coefficient (Wildman–Crippen LogP) is 1.21. The Morgan fingerprint density at radius 1 is 1.71 bits per heavy atom. The second kappa shape index (κ2) is 4.93. The van der Waals surface area contributed by atoms with E-state index >= 15 is 0 Å². The standard InChI is InChI=1S/C11H15BrN4O/c1-7(17-2)15-11(13)9-5-14-10-4-3-8(12)6-16(9)10/h3-7,10,14H,1-2H3,(H2,13,15). The number of fused-ring (bicyclic) bond motifs is 1. The summed E-state index contributed by atoms with van der Waals surface area (Å²) in [4.78, 5) is 6.27. The van der Waals surface area contributed by atoms with Crippen LogP contribution in [-0.4, -0.2) is 30.2 Å². The zero-order chi connectivity index (χ0) is 12.4. The van der Waals surface area contributed by atoms with Crippen LogP contribution in [0.1, 0.15) is 6.92 Å². The van der Waals surface area contributed by atoms with Gasteiger partial charge in [0.15, 0.2) is 0 Å². The molecule has 2 aliphatic heterocycles. The van der Waals surface area contributed by atoms with Crippen LogP contribution in [0.4, 0.5) is 0 Å². The highest BCUT2D eigenvalue weighted by molar-refractivity contribution is 9.11. The number of allylic oxidation sites excluding steroid dienone is 2. The SMILES string of the molecule is COC(C)N=C(N)C1=CNC2C=CC(Br)=CN12. The first-order valence-corrected chi connectivity index (χ1v) is 6.07. The van der Waals surface area contributed by atoms with Crippen molar-refractivity contribution in [3.8, 4) is 0 Å². The molecule has 0 saturated heterocycles. The third-order valence-corrected chi connectivity index (χ3v) is 3.06. The fraction of sp³-hybridized carbons (Fsp3) is 0.364. The number of nitrogens with one attached hydrogen (secondary N) is 1. The van der Waals surface area contributed by atoms with E-state index in [0.717, 1.165) is 10.2 Å². The van der Waals surface area contributed by atoms with Crippen LogP contribution in [0.5, 0.6) is 0 Å². The van der Waals surface area contributed by atoms with Gasteiger partial charge in [-0.15, -0.1) is 0 Å². The van der Waals surface area contributed by atoms with E-state index in [-0.39, 0.29) is 12.4 Å². The van der Waals surface area contributed by atoms with E-state index < -0.39 is 0 Å². The molecule has 92 valence electrons. The summed E-state index contributed by atoms with van der Waals surface area (Å²) in [6, 6.07) is 0. The molecular formula is C11H15BrN4O. The maximum Gasteiger partial charge on any atom is 0.147 e. The van der Waals surface area contributed by atoms with E-state index in [1.165, 1.54) is 0 Å². The van der Waals surface area contributed by atoms with Crippen LogP contribution >= 0.6 is 15.9 Å². The second-order valence-corrected chi connectivity index (χ2v) is 4.69. The maximum atomic E-state index is 5.96. The largest absolute Gasteiger partial charge is 0.382 e. The Morgan fingerprint density at radius 3 is 3.18 bits per heavy atom. The summed E-state index contributed by atoms with van der Waals surface area (Å²) in [5, 5.41) is 3.21. The van der Waals surface area contributed by atoms with Crippen LogP contribution in [0.3, 0.4) is 0 Å². The third kappa shape index (κ3) is 2.53. The first-order chi connectivity index (χ1) is 8.11. The van der Waals surface area contributed by atoms with Crippen molar-refractivity contribution in [2.45, 2.75) is 19.3 Å². The molecular weight excluding hydrogens is 284 g/mol. The Labute approximate surface area is 109 Å². The molecule has 0 spiro atoms. The molecule has 2 atom stereocenters. The van der Waals surface area contributed by atoms with Crippen molar-refractivity contribution < 1.29 is 4.74 Å². The van der Waals surface area contributed by atoms with Crippen molar-refractivity contribution in [3.05, 3.63) is 34.7 Å². The van der Waals surface area contributed by atoms with Gasteiger partial charge in [-0.05, 0) is 35.0 Å². The van der Waals surface area contributed by atoms with Crippen LogP contribution in [0.15, 0.2) is 39.7 Å². The summed E-state index contributed by atoms with van der Waals surface area (Å²) in [6.07, 6.45) is 7.73. The summed E-state index contributed by atoms with van der Waals surface area (Å²) in [7, 11) is 1.60. The van der Waals surface area contributed by atoms with E-state index in [9.17, 15) is 0 Å². The van der Waals surface area contributed by atoms with Crippen molar-refractivity contribution in [2.24, 2.45) is 10.7 Å².